The number of rotatable bonds is 4. The van der Waals surface area contributed by atoms with Crippen LogP contribution in [0, 0.1) is 11.8 Å². The lowest BCUT2D eigenvalue weighted by molar-refractivity contribution is -0.122. The zero-order valence-corrected chi connectivity index (χ0v) is 9.94. The van der Waals surface area contributed by atoms with Crippen LogP contribution in [0.2, 0.25) is 0 Å². The first kappa shape index (κ1) is 11.3. The maximum absolute atomic E-state index is 11.5. The Bertz CT molecular complexity index is 213. The number of nitrogens with one attached hydrogen (secondary N) is 2. The van der Waals surface area contributed by atoms with Gasteiger partial charge in [0, 0.05) is 13.0 Å². The van der Waals surface area contributed by atoms with Crippen molar-refractivity contribution in [2.45, 2.75) is 19.3 Å². The third-order valence-electron chi connectivity index (χ3n) is 3.27. The highest BCUT2D eigenvalue weighted by Crippen LogP contribution is 2.21. The van der Waals surface area contributed by atoms with E-state index in [1.54, 1.807) is 0 Å². The van der Waals surface area contributed by atoms with Gasteiger partial charge in [-0.15, -0.1) is 0 Å². The van der Waals surface area contributed by atoms with E-state index in [0.29, 0.717) is 12.3 Å². The minimum Gasteiger partial charge on any atom is -0.356 e. The quantitative estimate of drug-likeness (QED) is 0.750. The Morgan fingerprint density at radius 2 is 2.00 bits per heavy atom. The van der Waals surface area contributed by atoms with E-state index in [9.17, 15) is 4.79 Å². The molecule has 3 nitrogen and oxygen atoms in total. The molecule has 0 aromatic carbocycles. The Hall–Kier alpha value is -0.220. The van der Waals surface area contributed by atoms with Gasteiger partial charge in [0.1, 0.15) is 0 Å². The molecule has 86 valence electrons. The van der Waals surface area contributed by atoms with Crippen LogP contribution in [0.1, 0.15) is 19.3 Å². The highest BCUT2D eigenvalue weighted by atomic mass is 32.2. The Balaban J connectivity index is 1.57. The van der Waals surface area contributed by atoms with Crippen molar-refractivity contribution in [3.8, 4) is 0 Å². The van der Waals surface area contributed by atoms with E-state index < -0.39 is 0 Å². The number of hydrogen-bond donors (Lipinski definition) is 2. The standard InChI is InChI=1S/C11H20N2OS/c14-11(5-10-6-12-7-10)13-8-9-1-3-15-4-2-9/h9-10,12H,1-8H2,(H,13,14). The monoisotopic (exact) mass is 228 g/mol. The second-order valence-corrected chi connectivity index (χ2v) is 5.81. The zero-order chi connectivity index (χ0) is 10.5. The molecule has 0 saturated carbocycles. The molecule has 2 fully saturated rings. The Labute approximate surface area is 95.8 Å². The lowest BCUT2D eigenvalue weighted by atomic mass is 9.98. The van der Waals surface area contributed by atoms with Gasteiger partial charge in [-0.05, 0) is 49.3 Å². The first-order chi connectivity index (χ1) is 7.34. The molecule has 15 heavy (non-hydrogen) atoms. The summed E-state index contributed by atoms with van der Waals surface area (Å²) in [4.78, 5) is 11.5. The van der Waals surface area contributed by atoms with Gasteiger partial charge in [-0.25, -0.2) is 0 Å². The van der Waals surface area contributed by atoms with Crippen molar-refractivity contribution >= 4 is 17.7 Å². The first-order valence-corrected chi connectivity index (χ1v) is 7.05. The minimum atomic E-state index is 0.250. The number of hydrogen-bond acceptors (Lipinski definition) is 3. The molecule has 2 N–H and O–H groups in total. The van der Waals surface area contributed by atoms with Crippen LogP contribution >= 0.6 is 11.8 Å². The van der Waals surface area contributed by atoms with E-state index >= 15 is 0 Å². The first-order valence-electron chi connectivity index (χ1n) is 5.90. The Kier molecular flexibility index (Phi) is 4.32. The smallest absolute Gasteiger partial charge is 0.220 e. The van der Waals surface area contributed by atoms with Crippen LogP contribution in [0.5, 0.6) is 0 Å². The third kappa shape index (κ3) is 3.68. The zero-order valence-electron chi connectivity index (χ0n) is 9.13. The van der Waals surface area contributed by atoms with Crippen LogP contribution in [-0.4, -0.2) is 37.0 Å². The van der Waals surface area contributed by atoms with Gasteiger partial charge in [0.05, 0.1) is 0 Å². The summed E-state index contributed by atoms with van der Waals surface area (Å²) >= 11 is 2.04. The van der Waals surface area contributed by atoms with E-state index in [0.717, 1.165) is 25.6 Å². The van der Waals surface area contributed by atoms with Crippen molar-refractivity contribution in [1.29, 1.82) is 0 Å². The fraction of sp³-hybridized carbons (Fsp3) is 0.909. The summed E-state index contributed by atoms with van der Waals surface area (Å²) in [5.41, 5.74) is 0. The maximum Gasteiger partial charge on any atom is 0.220 e. The molecule has 0 aliphatic carbocycles. The van der Waals surface area contributed by atoms with E-state index in [1.165, 1.54) is 24.3 Å². The summed E-state index contributed by atoms with van der Waals surface area (Å²) in [6, 6.07) is 0. The minimum absolute atomic E-state index is 0.250. The van der Waals surface area contributed by atoms with Crippen molar-refractivity contribution < 1.29 is 4.79 Å². The van der Waals surface area contributed by atoms with Crippen LogP contribution in [0.3, 0.4) is 0 Å². The molecule has 2 saturated heterocycles. The summed E-state index contributed by atoms with van der Waals surface area (Å²) in [5, 5.41) is 6.26. The molecule has 2 heterocycles. The molecule has 0 aromatic rings. The molecule has 1 amide bonds. The average Bonchev–Trinajstić information content (AvgIpc) is 2.22. The van der Waals surface area contributed by atoms with Crippen LogP contribution in [0.25, 0.3) is 0 Å². The summed E-state index contributed by atoms with van der Waals surface area (Å²) in [7, 11) is 0. The van der Waals surface area contributed by atoms with Gasteiger partial charge in [0.25, 0.3) is 0 Å². The Morgan fingerprint density at radius 3 is 2.60 bits per heavy atom. The molecule has 0 unspecified atom stereocenters. The largest absolute Gasteiger partial charge is 0.356 e. The predicted molar refractivity (Wildman–Crippen MR) is 64.0 cm³/mol. The lowest BCUT2D eigenvalue weighted by Gasteiger charge is -2.27. The summed E-state index contributed by atoms with van der Waals surface area (Å²) in [6.45, 7) is 2.94. The highest BCUT2D eigenvalue weighted by molar-refractivity contribution is 7.99. The van der Waals surface area contributed by atoms with Crippen molar-refractivity contribution in [2.75, 3.05) is 31.1 Å². The number of carbonyl (C=O) groups excluding carboxylic acids is 1. The normalized spacial score (nSPS) is 23.5. The maximum atomic E-state index is 11.5. The molecule has 2 rings (SSSR count). The summed E-state index contributed by atoms with van der Waals surface area (Å²) in [5.74, 6) is 4.11. The van der Waals surface area contributed by atoms with Gasteiger partial charge < -0.3 is 10.6 Å². The second-order valence-electron chi connectivity index (χ2n) is 4.59. The van der Waals surface area contributed by atoms with E-state index in [1.807, 2.05) is 11.8 Å². The molecule has 0 bridgehead atoms. The molecule has 2 aliphatic heterocycles. The fourth-order valence-corrected chi connectivity index (χ4v) is 3.24. The molecule has 0 radical (unpaired) electrons. The third-order valence-corrected chi connectivity index (χ3v) is 4.32. The molecule has 0 spiro atoms. The number of thioether (sulfide) groups is 1. The van der Waals surface area contributed by atoms with Gasteiger partial charge in [0.15, 0.2) is 0 Å². The Morgan fingerprint density at radius 1 is 1.27 bits per heavy atom. The van der Waals surface area contributed by atoms with Crippen molar-refractivity contribution in [3.63, 3.8) is 0 Å². The summed E-state index contributed by atoms with van der Waals surface area (Å²) < 4.78 is 0. The van der Waals surface area contributed by atoms with Crippen molar-refractivity contribution in [3.05, 3.63) is 0 Å². The summed E-state index contributed by atoms with van der Waals surface area (Å²) in [6.07, 6.45) is 3.26. The van der Waals surface area contributed by atoms with Crippen LogP contribution in [0.4, 0.5) is 0 Å². The molecule has 4 heteroatoms. The van der Waals surface area contributed by atoms with Crippen molar-refractivity contribution in [2.24, 2.45) is 11.8 Å². The average molecular weight is 228 g/mol. The van der Waals surface area contributed by atoms with Gasteiger partial charge in [-0.2, -0.15) is 11.8 Å². The van der Waals surface area contributed by atoms with Crippen molar-refractivity contribution in [1.82, 2.24) is 10.6 Å². The molecule has 2 aliphatic rings. The van der Waals surface area contributed by atoms with E-state index in [2.05, 4.69) is 10.6 Å². The van der Waals surface area contributed by atoms with Crippen LogP contribution in [-0.2, 0) is 4.79 Å². The molecular weight excluding hydrogens is 208 g/mol. The molecule has 0 aromatic heterocycles. The van der Waals surface area contributed by atoms with Crippen LogP contribution in [0.15, 0.2) is 0 Å². The van der Waals surface area contributed by atoms with Gasteiger partial charge in [0.2, 0.25) is 5.91 Å². The van der Waals surface area contributed by atoms with Gasteiger partial charge in [-0.3, -0.25) is 4.79 Å². The lowest BCUT2D eigenvalue weighted by Crippen LogP contribution is -2.45. The van der Waals surface area contributed by atoms with E-state index in [4.69, 9.17) is 0 Å². The SMILES string of the molecule is O=C(CC1CNC1)NCC1CCSCC1. The highest BCUT2D eigenvalue weighted by Gasteiger charge is 2.20. The number of amides is 1. The van der Waals surface area contributed by atoms with Gasteiger partial charge >= 0.3 is 0 Å². The van der Waals surface area contributed by atoms with Crippen LogP contribution < -0.4 is 10.6 Å². The van der Waals surface area contributed by atoms with E-state index in [-0.39, 0.29) is 5.91 Å². The number of carbonyl (C=O) groups is 1. The predicted octanol–water partition coefficient (Wildman–Crippen LogP) is 0.855. The topological polar surface area (TPSA) is 41.1 Å². The second kappa shape index (κ2) is 5.75. The van der Waals surface area contributed by atoms with Gasteiger partial charge in [-0.1, -0.05) is 0 Å². The fourth-order valence-electron chi connectivity index (χ4n) is 2.04. The molecule has 0 atom stereocenters. The molecular formula is C11H20N2OS.